The number of hydrogen-bond acceptors (Lipinski definition) is 6. The molecule has 1 aromatic rings. The Hall–Kier alpha value is -1.91. The van der Waals surface area contributed by atoms with Gasteiger partial charge >= 0.3 is 0 Å². The smallest absolute Gasteiger partial charge is 0.276 e. The first kappa shape index (κ1) is 12.5. The number of amides is 1. The number of rotatable bonds is 3. The number of nitrogens with zero attached hydrogens (tertiary/aromatic N) is 3. The summed E-state index contributed by atoms with van der Waals surface area (Å²) in [6, 6.07) is 3.53. The van der Waals surface area contributed by atoms with E-state index >= 15 is 0 Å². The first-order valence-electron chi connectivity index (χ1n) is 5.49. The molecule has 1 aliphatic heterocycles. The van der Waals surface area contributed by atoms with Gasteiger partial charge < -0.3 is 18.9 Å². The van der Waals surface area contributed by atoms with Crippen molar-refractivity contribution in [2.24, 2.45) is 0 Å². The van der Waals surface area contributed by atoms with Gasteiger partial charge in [-0.3, -0.25) is 4.79 Å². The van der Waals surface area contributed by atoms with E-state index in [0.717, 1.165) is 0 Å². The van der Waals surface area contributed by atoms with Crippen LogP contribution in [0.25, 0.3) is 0 Å². The molecule has 1 saturated heterocycles. The molecule has 18 heavy (non-hydrogen) atoms. The molecule has 7 heteroatoms. The standard InChI is InChI=1S/C11H13N3O4/c1-16-7-8-4-10(13-18-8)11(15)14-2-3-17-9(5-12)6-14/h4,9H,2-3,6-7H2,1H3. The summed E-state index contributed by atoms with van der Waals surface area (Å²) in [5.74, 6) is 0.232. The number of carbonyl (C=O) groups excluding carboxylic acids is 1. The van der Waals surface area contributed by atoms with Crippen molar-refractivity contribution in [3.8, 4) is 6.07 Å². The molecule has 96 valence electrons. The Morgan fingerprint density at radius 3 is 3.33 bits per heavy atom. The highest BCUT2D eigenvalue weighted by Gasteiger charge is 2.26. The molecule has 0 aliphatic carbocycles. The molecule has 1 fully saturated rings. The van der Waals surface area contributed by atoms with Crippen LogP contribution >= 0.6 is 0 Å². The van der Waals surface area contributed by atoms with Crippen molar-refractivity contribution in [2.75, 3.05) is 26.8 Å². The van der Waals surface area contributed by atoms with E-state index in [1.807, 2.05) is 6.07 Å². The lowest BCUT2D eigenvalue weighted by Gasteiger charge is -2.28. The predicted molar refractivity (Wildman–Crippen MR) is 58.5 cm³/mol. The van der Waals surface area contributed by atoms with E-state index < -0.39 is 6.10 Å². The fourth-order valence-corrected chi connectivity index (χ4v) is 1.70. The second-order valence-electron chi connectivity index (χ2n) is 3.85. The SMILES string of the molecule is COCc1cc(C(=O)N2CCOC(C#N)C2)no1. The van der Waals surface area contributed by atoms with Crippen molar-refractivity contribution < 1.29 is 18.8 Å². The van der Waals surface area contributed by atoms with Gasteiger partial charge in [-0.1, -0.05) is 5.16 Å². The highest BCUT2D eigenvalue weighted by molar-refractivity contribution is 5.92. The molecule has 0 radical (unpaired) electrons. The minimum Gasteiger partial charge on any atom is -0.377 e. The summed E-state index contributed by atoms with van der Waals surface area (Å²) in [7, 11) is 1.53. The largest absolute Gasteiger partial charge is 0.377 e. The minimum atomic E-state index is -0.576. The molecule has 1 atom stereocenters. The monoisotopic (exact) mass is 251 g/mol. The second-order valence-corrected chi connectivity index (χ2v) is 3.85. The van der Waals surface area contributed by atoms with E-state index in [1.165, 1.54) is 12.0 Å². The number of aromatic nitrogens is 1. The zero-order valence-electron chi connectivity index (χ0n) is 9.96. The number of hydrogen-bond donors (Lipinski definition) is 0. The maximum atomic E-state index is 12.1. The van der Waals surface area contributed by atoms with Crippen molar-refractivity contribution in [2.45, 2.75) is 12.7 Å². The second kappa shape index (κ2) is 5.62. The van der Waals surface area contributed by atoms with Gasteiger partial charge in [0.05, 0.1) is 19.2 Å². The van der Waals surface area contributed by atoms with Gasteiger partial charge in [0, 0.05) is 19.7 Å². The van der Waals surface area contributed by atoms with Crippen LogP contribution in [0.5, 0.6) is 0 Å². The Morgan fingerprint density at radius 1 is 1.78 bits per heavy atom. The minimum absolute atomic E-state index is 0.223. The van der Waals surface area contributed by atoms with Gasteiger partial charge in [-0.15, -0.1) is 0 Å². The van der Waals surface area contributed by atoms with Crippen molar-refractivity contribution in [1.82, 2.24) is 10.1 Å². The Bertz CT molecular complexity index is 465. The summed E-state index contributed by atoms with van der Waals surface area (Å²) in [5, 5.41) is 12.5. The molecular weight excluding hydrogens is 238 g/mol. The van der Waals surface area contributed by atoms with Crippen LogP contribution in [0.2, 0.25) is 0 Å². The van der Waals surface area contributed by atoms with Crippen LogP contribution < -0.4 is 0 Å². The van der Waals surface area contributed by atoms with Gasteiger partial charge in [0.25, 0.3) is 5.91 Å². The van der Waals surface area contributed by atoms with Gasteiger partial charge in [0.15, 0.2) is 17.6 Å². The Balaban J connectivity index is 2.03. The topological polar surface area (TPSA) is 88.6 Å². The van der Waals surface area contributed by atoms with Crippen LogP contribution in [-0.4, -0.2) is 48.9 Å². The van der Waals surface area contributed by atoms with Crippen molar-refractivity contribution in [3.63, 3.8) is 0 Å². The summed E-state index contributed by atoms with van der Waals surface area (Å²) >= 11 is 0. The Morgan fingerprint density at radius 2 is 2.61 bits per heavy atom. The molecule has 0 bridgehead atoms. The summed E-state index contributed by atoms with van der Waals surface area (Å²) in [6.07, 6.45) is -0.576. The number of morpholine rings is 1. The number of nitriles is 1. The predicted octanol–water partition coefficient (Wildman–Crippen LogP) is 0.186. The van der Waals surface area contributed by atoms with Gasteiger partial charge in [0.2, 0.25) is 0 Å². The van der Waals surface area contributed by atoms with E-state index in [2.05, 4.69) is 5.16 Å². The lowest BCUT2D eigenvalue weighted by atomic mass is 10.2. The normalized spacial score (nSPS) is 19.6. The van der Waals surface area contributed by atoms with Gasteiger partial charge in [-0.05, 0) is 0 Å². The molecule has 7 nitrogen and oxygen atoms in total. The third-order valence-corrected chi connectivity index (χ3v) is 2.56. The van der Waals surface area contributed by atoms with Crippen LogP contribution in [0.15, 0.2) is 10.6 Å². The van der Waals surface area contributed by atoms with Crippen LogP contribution in [0.3, 0.4) is 0 Å². The molecule has 2 heterocycles. The third-order valence-electron chi connectivity index (χ3n) is 2.56. The van der Waals surface area contributed by atoms with Gasteiger partial charge in [-0.25, -0.2) is 0 Å². The highest BCUT2D eigenvalue weighted by Crippen LogP contribution is 2.11. The van der Waals surface area contributed by atoms with Gasteiger partial charge in [0.1, 0.15) is 6.61 Å². The molecule has 0 saturated carbocycles. The zero-order chi connectivity index (χ0) is 13.0. The highest BCUT2D eigenvalue weighted by atomic mass is 16.5. The van der Waals surface area contributed by atoms with E-state index in [1.54, 1.807) is 6.07 Å². The zero-order valence-corrected chi connectivity index (χ0v) is 9.96. The summed E-state index contributed by atoms with van der Waals surface area (Å²) in [6.45, 7) is 1.32. The molecular formula is C11H13N3O4. The number of carbonyl (C=O) groups is 1. The fourth-order valence-electron chi connectivity index (χ4n) is 1.70. The first-order chi connectivity index (χ1) is 8.74. The van der Waals surface area contributed by atoms with Crippen LogP contribution in [-0.2, 0) is 16.1 Å². The lowest BCUT2D eigenvalue weighted by molar-refractivity contribution is 0.00302. The number of ether oxygens (including phenoxy) is 2. The Labute approximate surface area is 104 Å². The molecule has 0 N–H and O–H groups in total. The van der Waals surface area contributed by atoms with Crippen LogP contribution in [0.1, 0.15) is 16.2 Å². The first-order valence-corrected chi connectivity index (χ1v) is 5.49. The number of methoxy groups -OCH3 is 1. The fraction of sp³-hybridized carbons (Fsp3) is 0.545. The maximum absolute atomic E-state index is 12.1. The quantitative estimate of drug-likeness (QED) is 0.761. The maximum Gasteiger partial charge on any atom is 0.276 e. The van der Waals surface area contributed by atoms with E-state index in [0.29, 0.717) is 18.9 Å². The Kier molecular flexibility index (Phi) is 3.92. The van der Waals surface area contributed by atoms with Crippen molar-refractivity contribution in [3.05, 3.63) is 17.5 Å². The molecule has 2 rings (SSSR count). The third kappa shape index (κ3) is 2.67. The van der Waals surface area contributed by atoms with Crippen LogP contribution in [0, 0.1) is 11.3 Å². The average molecular weight is 251 g/mol. The van der Waals surface area contributed by atoms with Gasteiger partial charge in [-0.2, -0.15) is 5.26 Å². The van der Waals surface area contributed by atoms with Crippen molar-refractivity contribution in [1.29, 1.82) is 5.26 Å². The molecule has 0 spiro atoms. The lowest BCUT2D eigenvalue weighted by Crippen LogP contribution is -2.45. The summed E-state index contributed by atoms with van der Waals surface area (Å²) < 4.78 is 15.0. The van der Waals surface area contributed by atoms with Crippen molar-refractivity contribution >= 4 is 5.91 Å². The van der Waals surface area contributed by atoms with E-state index in [9.17, 15) is 4.79 Å². The molecule has 1 amide bonds. The molecule has 1 aliphatic rings. The molecule has 1 unspecified atom stereocenters. The molecule has 0 aromatic carbocycles. The summed E-state index contributed by atoms with van der Waals surface area (Å²) in [5.41, 5.74) is 0.223. The van der Waals surface area contributed by atoms with Crippen LogP contribution in [0.4, 0.5) is 0 Å². The van der Waals surface area contributed by atoms with E-state index in [-0.39, 0.29) is 24.8 Å². The average Bonchev–Trinajstić information content (AvgIpc) is 2.87. The molecule has 1 aromatic heterocycles. The summed E-state index contributed by atoms with van der Waals surface area (Å²) in [4.78, 5) is 13.6. The van der Waals surface area contributed by atoms with E-state index in [4.69, 9.17) is 19.3 Å².